The maximum absolute atomic E-state index is 12.0. The van der Waals surface area contributed by atoms with Crippen LogP contribution in [0.5, 0.6) is 0 Å². The summed E-state index contributed by atoms with van der Waals surface area (Å²) in [6, 6.07) is 5.47. The van der Waals surface area contributed by atoms with Crippen LogP contribution in [0.2, 0.25) is 0 Å². The minimum absolute atomic E-state index is 0.137. The molecule has 5 nitrogen and oxygen atoms in total. The zero-order chi connectivity index (χ0) is 16.0. The summed E-state index contributed by atoms with van der Waals surface area (Å²) in [5.74, 6) is 0. The van der Waals surface area contributed by atoms with E-state index in [4.69, 9.17) is 0 Å². The lowest BCUT2D eigenvalue weighted by atomic mass is 9.98. The highest BCUT2D eigenvalue weighted by molar-refractivity contribution is 9.09. The number of anilines is 1. The van der Waals surface area contributed by atoms with E-state index in [2.05, 4.69) is 21.2 Å². The summed E-state index contributed by atoms with van der Waals surface area (Å²) in [7, 11) is -1.50. The van der Waals surface area contributed by atoms with Gasteiger partial charge in [-0.25, -0.2) is 13.2 Å². The summed E-state index contributed by atoms with van der Waals surface area (Å²) in [6.07, 6.45) is 1.24. The predicted octanol–water partition coefficient (Wildman–Crippen LogP) is 2.92. The van der Waals surface area contributed by atoms with Gasteiger partial charge in [-0.3, -0.25) is 0 Å². The van der Waals surface area contributed by atoms with Crippen molar-refractivity contribution < 1.29 is 13.2 Å². The van der Waals surface area contributed by atoms with Crippen molar-refractivity contribution >= 4 is 37.5 Å². The minimum Gasteiger partial charge on any atom is -0.323 e. The number of urea groups is 1. The van der Waals surface area contributed by atoms with E-state index in [1.165, 1.54) is 6.26 Å². The van der Waals surface area contributed by atoms with Crippen molar-refractivity contribution in [1.29, 1.82) is 0 Å². The number of nitrogens with zero attached hydrogens (tertiary/aromatic N) is 1. The van der Waals surface area contributed by atoms with Gasteiger partial charge in [0.25, 0.3) is 0 Å². The molecule has 0 aliphatic carbocycles. The molecular weight excluding hydrogens is 356 g/mol. The maximum Gasteiger partial charge on any atom is 0.321 e. The first-order chi connectivity index (χ1) is 9.54. The fraction of sp³-hybridized carbons (Fsp3) is 0.500. The van der Waals surface area contributed by atoms with Crippen molar-refractivity contribution in [3.63, 3.8) is 0 Å². The highest BCUT2D eigenvalue weighted by Gasteiger charge is 2.38. The highest BCUT2D eigenvalue weighted by atomic mass is 79.9. The Morgan fingerprint density at radius 3 is 2.57 bits per heavy atom. The third-order valence-electron chi connectivity index (χ3n) is 3.98. The van der Waals surface area contributed by atoms with Gasteiger partial charge in [0.15, 0.2) is 9.84 Å². The van der Waals surface area contributed by atoms with Gasteiger partial charge in [-0.2, -0.15) is 0 Å². The molecule has 0 radical (unpaired) electrons. The van der Waals surface area contributed by atoms with Crippen molar-refractivity contribution in [2.45, 2.75) is 30.0 Å². The van der Waals surface area contributed by atoms with Gasteiger partial charge in [0.1, 0.15) is 0 Å². The van der Waals surface area contributed by atoms with Crippen LogP contribution in [0.3, 0.4) is 0 Å². The Hall–Kier alpha value is -1.08. The fourth-order valence-electron chi connectivity index (χ4n) is 2.15. The molecule has 1 atom stereocenters. The quantitative estimate of drug-likeness (QED) is 0.827. The molecule has 0 saturated carbocycles. The topological polar surface area (TPSA) is 66.5 Å². The number of sulfone groups is 1. The second-order valence-electron chi connectivity index (χ2n) is 5.94. The number of hydrogen-bond donors (Lipinski definition) is 1. The number of carbonyl (C=O) groups is 1. The second-order valence-corrected chi connectivity index (χ2v) is 9.45. The lowest BCUT2D eigenvalue weighted by molar-refractivity contribution is 0.218. The van der Waals surface area contributed by atoms with Crippen molar-refractivity contribution in [1.82, 2.24) is 4.90 Å². The van der Waals surface area contributed by atoms with Gasteiger partial charge in [-0.1, -0.05) is 28.1 Å². The summed E-state index contributed by atoms with van der Waals surface area (Å²) in [5, 5.41) is 2.80. The molecule has 116 valence electrons. The minimum atomic E-state index is -3.22. The number of hydrogen-bond acceptors (Lipinski definition) is 3. The third kappa shape index (κ3) is 2.94. The number of fused-ring (bicyclic) bond motifs is 1. The van der Waals surface area contributed by atoms with Crippen LogP contribution in [0.25, 0.3) is 0 Å². The summed E-state index contributed by atoms with van der Waals surface area (Å²) in [6.45, 7) is 3.91. The van der Waals surface area contributed by atoms with Gasteiger partial charge < -0.3 is 10.2 Å². The van der Waals surface area contributed by atoms with Gasteiger partial charge in [0.2, 0.25) is 0 Å². The zero-order valence-corrected chi connectivity index (χ0v) is 14.9. The van der Waals surface area contributed by atoms with E-state index in [0.717, 1.165) is 16.8 Å². The van der Waals surface area contributed by atoms with E-state index in [1.54, 1.807) is 25.8 Å². The molecule has 0 aromatic heterocycles. The molecule has 2 rings (SSSR count). The average Bonchev–Trinajstić information content (AvgIpc) is 2.37. The molecule has 1 aromatic carbocycles. The molecule has 21 heavy (non-hydrogen) atoms. The fourth-order valence-corrected chi connectivity index (χ4v) is 3.97. The molecule has 0 spiro atoms. The van der Waals surface area contributed by atoms with Gasteiger partial charge in [-0.15, -0.1) is 0 Å². The van der Waals surface area contributed by atoms with Crippen molar-refractivity contribution in [3.05, 3.63) is 29.3 Å². The van der Waals surface area contributed by atoms with Crippen LogP contribution < -0.4 is 5.32 Å². The van der Waals surface area contributed by atoms with Crippen molar-refractivity contribution in [2.75, 3.05) is 18.6 Å². The third-order valence-corrected chi connectivity index (χ3v) is 8.11. The Bertz CT molecular complexity index is 685. The molecular formula is C14H19BrN2O3S. The molecule has 0 bridgehead atoms. The molecule has 0 saturated heterocycles. The number of amides is 2. The van der Waals surface area contributed by atoms with Crippen LogP contribution in [0.1, 0.15) is 29.8 Å². The Morgan fingerprint density at radius 2 is 2.00 bits per heavy atom. The van der Waals surface area contributed by atoms with Crippen molar-refractivity contribution in [3.8, 4) is 0 Å². The van der Waals surface area contributed by atoms with Gasteiger partial charge in [0.05, 0.1) is 9.57 Å². The Kier molecular flexibility index (Phi) is 4.10. The zero-order valence-electron chi connectivity index (χ0n) is 12.5. The molecule has 0 fully saturated rings. The first-order valence-electron chi connectivity index (χ1n) is 6.52. The first kappa shape index (κ1) is 16.3. The van der Waals surface area contributed by atoms with E-state index in [-0.39, 0.29) is 10.9 Å². The number of rotatable bonds is 3. The number of alkyl halides is 1. The first-order valence-corrected chi connectivity index (χ1v) is 9.33. The van der Waals surface area contributed by atoms with Crippen LogP contribution in [0.15, 0.2) is 18.2 Å². The van der Waals surface area contributed by atoms with Crippen LogP contribution in [0, 0.1) is 0 Å². The summed E-state index contributed by atoms with van der Waals surface area (Å²) >= 11 is 3.52. The van der Waals surface area contributed by atoms with E-state index in [1.807, 2.05) is 18.2 Å². The molecule has 1 heterocycles. The molecule has 1 aliphatic rings. The van der Waals surface area contributed by atoms with Crippen LogP contribution >= 0.6 is 15.9 Å². The molecule has 1 aliphatic heterocycles. The highest BCUT2D eigenvalue weighted by Crippen LogP contribution is 2.40. The van der Waals surface area contributed by atoms with Crippen LogP contribution in [-0.4, -0.2) is 37.4 Å². The summed E-state index contributed by atoms with van der Waals surface area (Å²) in [4.78, 5) is 12.8. The second kappa shape index (κ2) is 5.28. The van der Waals surface area contributed by atoms with Gasteiger partial charge in [-0.05, 0) is 31.0 Å². The predicted molar refractivity (Wildman–Crippen MR) is 87.5 cm³/mol. The Balaban J connectivity index is 2.39. The molecule has 2 amide bonds. The lowest BCUT2D eigenvalue weighted by Crippen LogP contribution is -2.36. The molecule has 1 aromatic rings. The van der Waals surface area contributed by atoms with Gasteiger partial charge in [0, 0.05) is 25.5 Å². The number of benzene rings is 1. The van der Waals surface area contributed by atoms with E-state index < -0.39 is 14.6 Å². The lowest BCUT2D eigenvalue weighted by Gasteiger charge is -2.31. The van der Waals surface area contributed by atoms with Crippen LogP contribution in [-0.2, 0) is 16.4 Å². The number of halogens is 1. The Labute approximate surface area is 133 Å². The smallest absolute Gasteiger partial charge is 0.321 e. The summed E-state index contributed by atoms with van der Waals surface area (Å²) < 4.78 is 23.0. The standard InChI is InChI=1S/C14H19BrN2O3S/c1-14(2,21(4,19)20)12(15)9-5-6-11-10(7-9)8-17(3)13(18)16-11/h5-7,12H,8H2,1-4H3,(H,16,18). The van der Waals surface area contributed by atoms with E-state index in [9.17, 15) is 13.2 Å². The van der Waals surface area contributed by atoms with Crippen LogP contribution in [0.4, 0.5) is 10.5 Å². The summed E-state index contributed by atoms with van der Waals surface area (Å²) in [5.41, 5.74) is 2.63. The molecule has 1 N–H and O–H groups in total. The molecule has 7 heteroatoms. The van der Waals surface area contributed by atoms with Crippen molar-refractivity contribution in [2.24, 2.45) is 0 Å². The number of nitrogens with one attached hydrogen (secondary N) is 1. The Morgan fingerprint density at radius 1 is 1.38 bits per heavy atom. The largest absolute Gasteiger partial charge is 0.323 e. The number of carbonyl (C=O) groups excluding carboxylic acids is 1. The van der Waals surface area contributed by atoms with Gasteiger partial charge >= 0.3 is 6.03 Å². The van der Waals surface area contributed by atoms with E-state index in [0.29, 0.717) is 6.54 Å². The SMILES string of the molecule is CN1Cc2cc(C(Br)C(C)(C)S(C)(=O)=O)ccc2NC1=O. The average molecular weight is 375 g/mol. The monoisotopic (exact) mass is 374 g/mol. The van der Waals surface area contributed by atoms with E-state index >= 15 is 0 Å². The maximum atomic E-state index is 12.0. The molecule has 1 unspecified atom stereocenters. The normalized spacial score (nSPS) is 17.2.